The number of nitrogens with two attached hydrogens (primary N) is 1. The van der Waals surface area contributed by atoms with Crippen molar-refractivity contribution in [3.8, 4) is 0 Å². The number of rotatable bonds is 2. The summed E-state index contributed by atoms with van der Waals surface area (Å²) in [6.45, 7) is 1.13. The van der Waals surface area contributed by atoms with Crippen molar-refractivity contribution in [2.45, 2.75) is 31.5 Å². The summed E-state index contributed by atoms with van der Waals surface area (Å²) in [6.07, 6.45) is -1.50. The van der Waals surface area contributed by atoms with Gasteiger partial charge in [-0.05, 0) is 19.3 Å². The van der Waals surface area contributed by atoms with Crippen LogP contribution < -0.4 is 10.6 Å². The number of nitrogens with zero attached hydrogens (tertiary/aromatic N) is 3. The van der Waals surface area contributed by atoms with E-state index < -0.39 is 11.2 Å². The molecule has 0 saturated carbocycles. The molecule has 2 rings (SSSR count). The van der Waals surface area contributed by atoms with Crippen molar-refractivity contribution in [2.75, 3.05) is 18.0 Å². The summed E-state index contributed by atoms with van der Waals surface area (Å²) in [6, 6.07) is 0.0813. The summed E-state index contributed by atoms with van der Waals surface area (Å²) in [7, 11) is 0. The van der Waals surface area contributed by atoms with Crippen molar-refractivity contribution in [1.29, 1.82) is 0 Å². The van der Waals surface area contributed by atoms with Crippen LogP contribution in [0, 0.1) is 0 Å². The fraction of sp³-hybridized carbons (Fsp3) is 0.778. The van der Waals surface area contributed by atoms with Gasteiger partial charge in [0.15, 0.2) is 0 Å². The van der Waals surface area contributed by atoms with Gasteiger partial charge in [-0.25, -0.2) is 0 Å². The van der Waals surface area contributed by atoms with E-state index in [0.717, 1.165) is 19.3 Å². The largest absolute Gasteiger partial charge is 0.445 e. The summed E-state index contributed by atoms with van der Waals surface area (Å²) in [4.78, 5) is 1.84. The van der Waals surface area contributed by atoms with E-state index in [9.17, 15) is 13.2 Å². The molecule has 0 bridgehead atoms. The molecule has 0 radical (unpaired) electrons. The molecular formula is C9H13F3N4S. The lowest BCUT2D eigenvalue weighted by atomic mass is 10.0. The van der Waals surface area contributed by atoms with E-state index in [1.54, 1.807) is 0 Å². The summed E-state index contributed by atoms with van der Waals surface area (Å²) < 4.78 is 37.2. The molecule has 0 aliphatic carbocycles. The van der Waals surface area contributed by atoms with Crippen LogP contribution in [0.5, 0.6) is 0 Å². The summed E-state index contributed by atoms with van der Waals surface area (Å²) in [5.74, 6) is 0. The normalized spacial score (nSPS) is 21.9. The molecule has 96 valence electrons. The van der Waals surface area contributed by atoms with Gasteiger partial charge in [0.25, 0.3) is 0 Å². The fourth-order valence-electron chi connectivity index (χ4n) is 1.94. The van der Waals surface area contributed by atoms with Crippen LogP contribution in [0.1, 0.15) is 24.3 Å². The molecule has 0 aromatic carbocycles. The number of piperidine rings is 1. The Bertz CT molecular complexity index is 379. The van der Waals surface area contributed by atoms with Gasteiger partial charge in [0.2, 0.25) is 10.1 Å². The van der Waals surface area contributed by atoms with Crippen LogP contribution in [0.2, 0.25) is 0 Å². The number of alkyl halides is 3. The van der Waals surface area contributed by atoms with Crippen LogP contribution in [-0.4, -0.2) is 29.3 Å². The molecule has 1 aromatic rings. The van der Waals surface area contributed by atoms with Crippen LogP contribution >= 0.6 is 11.3 Å². The minimum atomic E-state index is -4.41. The van der Waals surface area contributed by atoms with E-state index in [2.05, 4.69) is 10.2 Å². The Kier molecular flexibility index (Phi) is 3.53. The quantitative estimate of drug-likeness (QED) is 0.888. The Hall–Kier alpha value is -0.890. The summed E-state index contributed by atoms with van der Waals surface area (Å²) in [5, 5.41) is 6.25. The number of aromatic nitrogens is 2. The molecular weight excluding hydrogens is 253 g/mol. The lowest BCUT2D eigenvalue weighted by Crippen LogP contribution is -2.44. The van der Waals surface area contributed by atoms with Gasteiger partial charge < -0.3 is 10.6 Å². The molecule has 1 atom stereocenters. The smallest absolute Gasteiger partial charge is 0.342 e. The monoisotopic (exact) mass is 266 g/mol. The molecule has 0 amide bonds. The van der Waals surface area contributed by atoms with Crippen molar-refractivity contribution in [3.05, 3.63) is 5.01 Å². The fourth-order valence-corrected chi connectivity index (χ4v) is 2.75. The second kappa shape index (κ2) is 4.77. The van der Waals surface area contributed by atoms with Gasteiger partial charge in [-0.2, -0.15) is 13.2 Å². The average molecular weight is 266 g/mol. The number of hydrogen-bond donors (Lipinski definition) is 1. The maximum absolute atomic E-state index is 12.4. The first-order valence-corrected chi connectivity index (χ1v) is 6.21. The molecule has 1 aliphatic rings. The van der Waals surface area contributed by atoms with Gasteiger partial charge in [0.05, 0.1) is 0 Å². The van der Waals surface area contributed by atoms with Crippen LogP contribution in [0.4, 0.5) is 18.3 Å². The zero-order valence-electron chi connectivity index (χ0n) is 9.07. The summed E-state index contributed by atoms with van der Waals surface area (Å²) >= 11 is 0.589. The average Bonchev–Trinajstić information content (AvgIpc) is 2.77. The first-order valence-electron chi connectivity index (χ1n) is 5.40. The highest BCUT2D eigenvalue weighted by Crippen LogP contribution is 2.35. The van der Waals surface area contributed by atoms with E-state index in [1.807, 2.05) is 4.90 Å². The second-order valence-electron chi connectivity index (χ2n) is 3.97. The topological polar surface area (TPSA) is 55.0 Å². The highest BCUT2D eigenvalue weighted by Gasteiger charge is 2.37. The minimum absolute atomic E-state index is 0.0813. The van der Waals surface area contributed by atoms with Crippen molar-refractivity contribution in [3.63, 3.8) is 0 Å². The Labute approximate surface area is 101 Å². The van der Waals surface area contributed by atoms with Gasteiger partial charge in [-0.1, -0.05) is 11.3 Å². The highest BCUT2D eigenvalue weighted by atomic mass is 32.1. The predicted molar refractivity (Wildman–Crippen MR) is 59.0 cm³/mol. The molecule has 0 spiro atoms. The zero-order valence-corrected chi connectivity index (χ0v) is 9.89. The molecule has 17 heavy (non-hydrogen) atoms. The second-order valence-corrected chi connectivity index (χ2v) is 4.92. The molecule has 1 aromatic heterocycles. The Morgan fingerprint density at radius 3 is 2.71 bits per heavy atom. The lowest BCUT2D eigenvalue weighted by Gasteiger charge is -2.34. The van der Waals surface area contributed by atoms with Crippen molar-refractivity contribution < 1.29 is 13.2 Å². The highest BCUT2D eigenvalue weighted by molar-refractivity contribution is 7.15. The van der Waals surface area contributed by atoms with Crippen LogP contribution in [0.3, 0.4) is 0 Å². The van der Waals surface area contributed by atoms with Gasteiger partial charge in [-0.3, -0.25) is 0 Å². The van der Waals surface area contributed by atoms with Gasteiger partial charge in [0, 0.05) is 19.1 Å². The first-order chi connectivity index (χ1) is 8.02. The summed E-state index contributed by atoms with van der Waals surface area (Å²) in [5.41, 5.74) is 5.62. The maximum atomic E-state index is 12.4. The molecule has 1 saturated heterocycles. The van der Waals surface area contributed by atoms with E-state index in [-0.39, 0.29) is 6.04 Å². The third-order valence-corrected chi connectivity index (χ3v) is 3.81. The molecule has 1 unspecified atom stereocenters. The van der Waals surface area contributed by atoms with Crippen LogP contribution in [-0.2, 0) is 6.18 Å². The van der Waals surface area contributed by atoms with Gasteiger partial charge in [0.1, 0.15) is 0 Å². The van der Waals surface area contributed by atoms with E-state index in [4.69, 9.17) is 5.73 Å². The maximum Gasteiger partial charge on any atom is 0.445 e. The van der Waals surface area contributed by atoms with Crippen molar-refractivity contribution >= 4 is 16.5 Å². The standard InChI is InChI=1S/C9H13F3N4S/c10-9(11,12)7-14-15-8(17-7)16-4-2-1-3-6(16)5-13/h6H,1-5,13H2. The lowest BCUT2D eigenvalue weighted by molar-refractivity contribution is -0.138. The van der Waals surface area contributed by atoms with E-state index in [1.165, 1.54) is 0 Å². The SMILES string of the molecule is NCC1CCCCN1c1nnc(C(F)(F)F)s1. The van der Waals surface area contributed by atoms with Gasteiger partial charge in [-0.15, -0.1) is 10.2 Å². The van der Waals surface area contributed by atoms with E-state index >= 15 is 0 Å². The minimum Gasteiger partial charge on any atom is -0.342 e. The Morgan fingerprint density at radius 2 is 2.12 bits per heavy atom. The van der Waals surface area contributed by atoms with Crippen LogP contribution in [0.15, 0.2) is 0 Å². The zero-order chi connectivity index (χ0) is 12.5. The van der Waals surface area contributed by atoms with Crippen molar-refractivity contribution in [2.24, 2.45) is 5.73 Å². The Morgan fingerprint density at radius 1 is 1.35 bits per heavy atom. The molecule has 2 heterocycles. The van der Waals surface area contributed by atoms with Crippen molar-refractivity contribution in [1.82, 2.24) is 10.2 Å². The Balaban J connectivity index is 2.18. The van der Waals surface area contributed by atoms with Crippen LogP contribution in [0.25, 0.3) is 0 Å². The van der Waals surface area contributed by atoms with Gasteiger partial charge >= 0.3 is 6.18 Å². The number of hydrogen-bond acceptors (Lipinski definition) is 5. The third-order valence-electron chi connectivity index (χ3n) is 2.80. The molecule has 2 N–H and O–H groups in total. The molecule has 8 heteroatoms. The third kappa shape index (κ3) is 2.68. The molecule has 1 aliphatic heterocycles. The molecule has 4 nitrogen and oxygen atoms in total. The number of anilines is 1. The predicted octanol–water partition coefficient (Wildman–Crippen LogP) is 1.87. The number of halogens is 3. The first kappa shape index (κ1) is 12.6. The van der Waals surface area contributed by atoms with E-state index in [0.29, 0.717) is 29.6 Å². The molecule has 1 fully saturated rings.